The van der Waals surface area contributed by atoms with Crippen LogP contribution in [0.15, 0.2) is 174 Å². The maximum absolute atomic E-state index is 13.7. The molecule has 2 aromatic heterocycles. The predicted octanol–water partition coefficient (Wildman–Crippen LogP) is 12.5. The second-order valence-electron chi connectivity index (χ2n) is 12.8. The van der Waals surface area contributed by atoms with E-state index in [1.54, 1.807) is 18.3 Å². The Morgan fingerprint density at radius 3 is 1.98 bits per heavy atom. The molecule has 0 spiro atoms. The quantitative estimate of drug-likeness (QED) is 0.113. The molecule has 270 valence electrons. The minimum atomic E-state index is -6.05. The number of anilines is 6. The summed E-state index contributed by atoms with van der Waals surface area (Å²) < 4.78 is 77.2. The number of hydrogen-bond acceptors (Lipinski definition) is 7. The Labute approximate surface area is 313 Å². The topological polar surface area (TPSA) is 75.9 Å². The van der Waals surface area contributed by atoms with Crippen LogP contribution in [0.4, 0.5) is 47.3 Å². The molecular formula is C44H28F3N3O4S. The zero-order valence-corrected chi connectivity index (χ0v) is 29.5. The fourth-order valence-corrected chi connectivity index (χ4v) is 7.45. The van der Waals surface area contributed by atoms with Gasteiger partial charge in [0.15, 0.2) is 11.3 Å². The molecule has 0 aliphatic rings. The summed E-state index contributed by atoms with van der Waals surface area (Å²) in [7, 11) is -6.05. The highest BCUT2D eigenvalue weighted by Gasteiger charge is 2.49. The van der Waals surface area contributed by atoms with Crippen LogP contribution in [0.2, 0.25) is 0 Å². The van der Waals surface area contributed by atoms with Crippen LogP contribution in [0.1, 0.15) is 0 Å². The van der Waals surface area contributed by atoms with Gasteiger partial charge in [-0.25, -0.2) is 0 Å². The van der Waals surface area contributed by atoms with Crippen LogP contribution in [-0.2, 0) is 10.1 Å². The van der Waals surface area contributed by atoms with E-state index in [-0.39, 0.29) is 5.58 Å². The van der Waals surface area contributed by atoms with E-state index in [2.05, 4.69) is 4.98 Å². The van der Waals surface area contributed by atoms with Crippen LogP contribution in [0, 0.1) is 0 Å². The van der Waals surface area contributed by atoms with Crippen LogP contribution in [0.25, 0.3) is 43.6 Å². The molecule has 0 unspecified atom stereocenters. The van der Waals surface area contributed by atoms with E-state index in [0.29, 0.717) is 27.7 Å². The molecule has 55 heavy (non-hydrogen) atoms. The molecule has 0 aliphatic heterocycles. The van der Waals surface area contributed by atoms with Gasteiger partial charge in [-0.05, 0) is 78.2 Å². The van der Waals surface area contributed by atoms with Gasteiger partial charge < -0.3 is 18.4 Å². The van der Waals surface area contributed by atoms with Gasteiger partial charge in [0.1, 0.15) is 5.58 Å². The Morgan fingerprint density at radius 1 is 0.564 bits per heavy atom. The van der Waals surface area contributed by atoms with Crippen molar-refractivity contribution in [2.24, 2.45) is 0 Å². The molecule has 0 saturated heterocycles. The van der Waals surface area contributed by atoms with Crippen molar-refractivity contribution < 1.29 is 30.2 Å². The number of pyridine rings is 1. The Balaban J connectivity index is 1.31. The number of rotatable bonds is 8. The standard InChI is InChI=1S/C44H28F3N3O4S/c45-44(46,47)55(51,52)54-40-25-24-39(50(32-16-5-2-6-17-32)38-19-9-12-29-11-7-8-18-35(29)38)42-36-23-22-34(28-41(36)53-43(40)42)49(31-14-3-1-4-15-31)33-21-20-30-13-10-26-48-37(30)27-33/h1-28H. The Bertz CT molecular complexity index is 2990. The molecule has 9 aromatic rings. The molecule has 0 radical (unpaired) electrons. The first kappa shape index (κ1) is 34.0. The number of benzene rings is 7. The van der Waals surface area contributed by atoms with Crippen molar-refractivity contribution in [3.05, 3.63) is 170 Å². The van der Waals surface area contributed by atoms with Crippen LogP contribution in [-0.4, -0.2) is 18.9 Å². The molecule has 9 rings (SSSR count). The molecular weight excluding hydrogens is 724 g/mol. The third-order valence-electron chi connectivity index (χ3n) is 9.41. The van der Waals surface area contributed by atoms with E-state index in [4.69, 9.17) is 8.60 Å². The van der Waals surface area contributed by atoms with E-state index >= 15 is 0 Å². The number of alkyl halides is 3. The number of nitrogens with zero attached hydrogens (tertiary/aromatic N) is 3. The summed E-state index contributed by atoms with van der Waals surface area (Å²) in [5, 5.41) is 3.74. The summed E-state index contributed by atoms with van der Waals surface area (Å²) in [5.74, 6) is -0.597. The summed E-state index contributed by atoms with van der Waals surface area (Å²) in [5.41, 5.74) is -0.370. The molecule has 0 bridgehead atoms. The molecule has 11 heteroatoms. The van der Waals surface area contributed by atoms with Crippen molar-refractivity contribution in [3.63, 3.8) is 0 Å². The van der Waals surface area contributed by atoms with Crippen LogP contribution < -0.4 is 14.0 Å². The number of furan rings is 1. The molecule has 2 heterocycles. The molecule has 7 nitrogen and oxygen atoms in total. The Hall–Kier alpha value is -6.85. The summed E-state index contributed by atoms with van der Waals surface area (Å²) in [6.07, 6.45) is 1.73. The first-order valence-corrected chi connectivity index (χ1v) is 18.6. The summed E-state index contributed by atoms with van der Waals surface area (Å²) >= 11 is 0. The average Bonchev–Trinajstić information content (AvgIpc) is 3.59. The third kappa shape index (κ3) is 6.04. The van der Waals surface area contributed by atoms with Gasteiger partial charge >= 0.3 is 15.6 Å². The van der Waals surface area contributed by atoms with Crippen molar-refractivity contribution in [3.8, 4) is 5.75 Å². The number of para-hydroxylation sites is 2. The molecule has 0 saturated carbocycles. The fourth-order valence-electron chi connectivity index (χ4n) is 6.99. The van der Waals surface area contributed by atoms with Gasteiger partial charge in [-0.1, -0.05) is 84.9 Å². The summed E-state index contributed by atoms with van der Waals surface area (Å²) in [6.45, 7) is 0. The lowest BCUT2D eigenvalue weighted by molar-refractivity contribution is -0.0499. The average molecular weight is 752 g/mol. The van der Waals surface area contributed by atoms with Crippen molar-refractivity contribution in [2.45, 2.75) is 5.51 Å². The summed E-state index contributed by atoms with van der Waals surface area (Å²) in [6, 6.07) is 50.9. The second-order valence-corrected chi connectivity index (χ2v) is 14.3. The lowest BCUT2D eigenvalue weighted by atomic mass is 10.0. The van der Waals surface area contributed by atoms with Crippen molar-refractivity contribution in [1.29, 1.82) is 0 Å². The normalized spacial score (nSPS) is 12.1. The lowest BCUT2D eigenvalue weighted by Crippen LogP contribution is -2.28. The number of halogens is 3. The summed E-state index contributed by atoms with van der Waals surface area (Å²) in [4.78, 5) is 8.54. The van der Waals surface area contributed by atoms with Crippen LogP contribution >= 0.6 is 0 Å². The molecule has 0 atom stereocenters. The highest BCUT2D eigenvalue weighted by atomic mass is 32.2. The van der Waals surface area contributed by atoms with Crippen molar-refractivity contribution in [2.75, 3.05) is 9.80 Å². The maximum Gasteiger partial charge on any atom is 0.534 e. The largest absolute Gasteiger partial charge is 0.534 e. The van der Waals surface area contributed by atoms with E-state index < -0.39 is 21.4 Å². The van der Waals surface area contributed by atoms with Gasteiger partial charge in [0.25, 0.3) is 0 Å². The maximum atomic E-state index is 13.7. The van der Waals surface area contributed by atoms with Gasteiger partial charge in [-0.2, -0.15) is 21.6 Å². The third-order valence-corrected chi connectivity index (χ3v) is 10.4. The lowest BCUT2D eigenvalue weighted by Gasteiger charge is -2.28. The van der Waals surface area contributed by atoms with Gasteiger partial charge in [0.05, 0.1) is 22.3 Å². The Kier molecular flexibility index (Phi) is 8.16. The molecule has 0 aliphatic carbocycles. The van der Waals surface area contributed by atoms with E-state index in [1.165, 1.54) is 6.07 Å². The van der Waals surface area contributed by atoms with Gasteiger partial charge in [-0.15, -0.1) is 0 Å². The van der Waals surface area contributed by atoms with Gasteiger partial charge in [-0.3, -0.25) is 4.98 Å². The first-order valence-electron chi connectivity index (χ1n) is 17.2. The predicted molar refractivity (Wildman–Crippen MR) is 211 cm³/mol. The SMILES string of the molecule is O=S(=O)(Oc1ccc(N(c2ccccc2)c2cccc3ccccc23)c2c1oc1cc(N(c3ccccc3)c3ccc4cccnc4c3)ccc12)C(F)(F)F. The molecule has 0 amide bonds. The van der Waals surface area contributed by atoms with Crippen LogP contribution in [0.3, 0.4) is 0 Å². The highest BCUT2D eigenvalue weighted by molar-refractivity contribution is 7.88. The van der Waals surface area contributed by atoms with Crippen molar-refractivity contribution >= 4 is 87.9 Å². The monoisotopic (exact) mass is 751 g/mol. The smallest absolute Gasteiger partial charge is 0.452 e. The van der Waals surface area contributed by atoms with E-state index in [1.807, 2.05) is 155 Å². The zero-order valence-electron chi connectivity index (χ0n) is 28.7. The second kappa shape index (κ2) is 13.2. The molecule has 0 fully saturated rings. The number of aromatic nitrogens is 1. The molecule has 7 aromatic carbocycles. The minimum absolute atomic E-state index is 0.167. The highest BCUT2D eigenvalue weighted by Crippen LogP contribution is 2.49. The van der Waals surface area contributed by atoms with E-state index in [9.17, 15) is 21.6 Å². The number of fused-ring (bicyclic) bond motifs is 5. The zero-order chi connectivity index (χ0) is 37.7. The van der Waals surface area contributed by atoms with E-state index in [0.717, 1.165) is 44.4 Å². The number of hydrogen-bond donors (Lipinski definition) is 0. The van der Waals surface area contributed by atoms with Crippen molar-refractivity contribution in [1.82, 2.24) is 4.98 Å². The van der Waals surface area contributed by atoms with Gasteiger partial charge in [0.2, 0.25) is 0 Å². The fraction of sp³-hybridized carbons (Fsp3) is 0.0227. The van der Waals surface area contributed by atoms with Gasteiger partial charge in [0, 0.05) is 51.2 Å². The molecule has 0 N–H and O–H groups in total. The Morgan fingerprint density at radius 2 is 1.22 bits per heavy atom. The minimum Gasteiger partial charge on any atom is -0.452 e. The first-order chi connectivity index (χ1) is 26.7. The van der Waals surface area contributed by atoms with Crippen LogP contribution in [0.5, 0.6) is 5.75 Å².